The number of carbonyl (C=O) groups excluding carboxylic acids is 2. The lowest BCUT2D eigenvalue weighted by atomic mass is 10.1. The van der Waals surface area contributed by atoms with Crippen molar-refractivity contribution in [1.29, 1.82) is 5.26 Å². The zero-order valence-corrected chi connectivity index (χ0v) is 15.9. The van der Waals surface area contributed by atoms with Crippen molar-refractivity contribution in [2.24, 2.45) is 0 Å². The molecule has 0 bridgehead atoms. The molecule has 0 aliphatic carbocycles. The van der Waals surface area contributed by atoms with E-state index in [2.05, 4.69) is 5.32 Å². The third-order valence-corrected chi connectivity index (χ3v) is 4.82. The molecule has 0 spiro atoms. The van der Waals surface area contributed by atoms with Crippen LogP contribution in [0, 0.1) is 25.2 Å². The van der Waals surface area contributed by atoms with Gasteiger partial charge in [0.1, 0.15) is 21.7 Å². The lowest BCUT2D eigenvalue weighted by molar-refractivity contribution is -0.122. The van der Waals surface area contributed by atoms with Gasteiger partial charge in [-0.15, -0.1) is 11.3 Å². The molecule has 1 heterocycles. The minimum absolute atomic E-state index is 0.237. The first-order valence-corrected chi connectivity index (χ1v) is 8.93. The highest BCUT2D eigenvalue weighted by Crippen LogP contribution is 2.33. The fourth-order valence-corrected chi connectivity index (χ4v) is 3.34. The topological polar surface area (TPSA) is 88.4 Å². The zero-order chi connectivity index (χ0) is 19.3. The first kappa shape index (κ1) is 19.5. The second-order valence-corrected chi connectivity index (χ2v) is 6.68. The summed E-state index contributed by atoms with van der Waals surface area (Å²) in [5.74, 6) is -0.321. The van der Waals surface area contributed by atoms with Gasteiger partial charge >= 0.3 is 5.97 Å². The van der Waals surface area contributed by atoms with E-state index < -0.39 is 18.0 Å². The van der Waals surface area contributed by atoms with Crippen LogP contribution in [0.25, 0.3) is 0 Å². The highest BCUT2D eigenvalue weighted by molar-refractivity contribution is 7.18. The Morgan fingerprint density at radius 2 is 2.08 bits per heavy atom. The molecule has 1 atom stereocenters. The van der Waals surface area contributed by atoms with Crippen molar-refractivity contribution < 1.29 is 19.1 Å². The smallest absolute Gasteiger partial charge is 0.348 e. The largest absolute Gasteiger partial charge is 0.481 e. The maximum absolute atomic E-state index is 12.4. The van der Waals surface area contributed by atoms with Gasteiger partial charge < -0.3 is 14.8 Å². The highest BCUT2D eigenvalue weighted by atomic mass is 32.1. The van der Waals surface area contributed by atoms with Gasteiger partial charge in [-0.25, -0.2) is 4.79 Å². The van der Waals surface area contributed by atoms with Crippen molar-refractivity contribution >= 4 is 28.2 Å². The summed E-state index contributed by atoms with van der Waals surface area (Å²) in [7, 11) is 0. The number of nitrogens with one attached hydrogen (secondary N) is 1. The summed E-state index contributed by atoms with van der Waals surface area (Å²) < 4.78 is 10.6. The molecule has 1 aromatic carbocycles. The molecule has 2 rings (SSSR count). The lowest BCUT2D eigenvalue weighted by Gasteiger charge is -2.14. The molecule has 1 amide bonds. The van der Waals surface area contributed by atoms with Gasteiger partial charge in [-0.05, 0) is 51.0 Å². The summed E-state index contributed by atoms with van der Waals surface area (Å²) in [6, 6.07) is 9.41. The average Bonchev–Trinajstić information content (AvgIpc) is 2.90. The number of anilines is 1. The van der Waals surface area contributed by atoms with Gasteiger partial charge in [0, 0.05) is 0 Å². The number of carbonyl (C=O) groups is 2. The molecule has 26 heavy (non-hydrogen) atoms. The van der Waals surface area contributed by atoms with Crippen LogP contribution in [-0.4, -0.2) is 24.6 Å². The Kier molecular flexibility index (Phi) is 6.36. The second kappa shape index (κ2) is 8.50. The van der Waals surface area contributed by atoms with Gasteiger partial charge in [-0.2, -0.15) is 5.26 Å². The number of ether oxygens (including phenoxy) is 2. The Morgan fingerprint density at radius 3 is 2.69 bits per heavy atom. The van der Waals surface area contributed by atoms with Crippen LogP contribution in [0.4, 0.5) is 5.00 Å². The van der Waals surface area contributed by atoms with E-state index in [9.17, 15) is 14.9 Å². The SMILES string of the molecule is CCOC(=O)c1sc(NC(=O)C(C)Oc2cccc(C)c2)c(C#N)c1C. The van der Waals surface area contributed by atoms with Crippen LogP contribution in [0.2, 0.25) is 0 Å². The van der Waals surface area contributed by atoms with Crippen LogP contribution in [-0.2, 0) is 9.53 Å². The molecular weight excluding hydrogens is 352 g/mol. The molecule has 7 heteroatoms. The summed E-state index contributed by atoms with van der Waals surface area (Å²) in [5.41, 5.74) is 1.78. The number of amides is 1. The van der Waals surface area contributed by atoms with Crippen molar-refractivity contribution in [3.63, 3.8) is 0 Å². The highest BCUT2D eigenvalue weighted by Gasteiger charge is 2.24. The Bertz CT molecular complexity index is 867. The summed E-state index contributed by atoms with van der Waals surface area (Å²) in [6.07, 6.45) is -0.767. The molecule has 0 saturated heterocycles. The van der Waals surface area contributed by atoms with Crippen molar-refractivity contribution in [2.45, 2.75) is 33.8 Å². The van der Waals surface area contributed by atoms with Gasteiger partial charge in [0.25, 0.3) is 5.91 Å². The van der Waals surface area contributed by atoms with Crippen molar-refractivity contribution in [3.05, 3.63) is 45.8 Å². The lowest BCUT2D eigenvalue weighted by Crippen LogP contribution is -2.30. The molecule has 0 saturated carbocycles. The maximum atomic E-state index is 12.4. The fourth-order valence-electron chi connectivity index (χ4n) is 2.29. The quantitative estimate of drug-likeness (QED) is 0.779. The molecule has 0 aliphatic heterocycles. The molecular formula is C19H20N2O4S. The van der Waals surface area contributed by atoms with E-state index in [1.54, 1.807) is 26.8 Å². The number of benzene rings is 1. The second-order valence-electron chi connectivity index (χ2n) is 5.66. The van der Waals surface area contributed by atoms with Gasteiger partial charge in [0.05, 0.1) is 12.2 Å². The van der Waals surface area contributed by atoms with Crippen molar-refractivity contribution in [1.82, 2.24) is 0 Å². The van der Waals surface area contributed by atoms with Crippen molar-refractivity contribution in [2.75, 3.05) is 11.9 Å². The van der Waals surface area contributed by atoms with Crippen LogP contribution in [0.1, 0.15) is 40.2 Å². The predicted molar refractivity (Wildman–Crippen MR) is 99.6 cm³/mol. The molecule has 0 radical (unpaired) electrons. The summed E-state index contributed by atoms with van der Waals surface area (Å²) >= 11 is 1.03. The van der Waals surface area contributed by atoms with Gasteiger partial charge in [-0.1, -0.05) is 12.1 Å². The average molecular weight is 372 g/mol. The fraction of sp³-hybridized carbons (Fsp3) is 0.316. The van der Waals surface area contributed by atoms with E-state index >= 15 is 0 Å². The van der Waals surface area contributed by atoms with Crippen LogP contribution in [0.15, 0.2) is 24.3 Å². The molecule has 6 nitrogen and oxygen atoms in total. The first-order valence-electron chi connectivity index (χ1n) is 8.12. The van der Waals surface area contributed by atoms with Gasteiger partial charge in [-0.3, -0.25) is 4.79 Å². The molecule has 136 valence electrons. The number of esters is 1. The third-order valence-electron chi connectivity index (χ3n) is 3.63. The molecule has 2 aromatic rings. The van der Waals surface area contributed by atoms with E-state index in [0.29, 0.717) is 21.2 Å². The van der Waals surface area contributed by atoms with Crippen LogP contribution in [0.3, 0.4) is 0 Å². The van der Waals surface area contributed by atoms with E-state index in [-0.39, 0.29) is 12.2 Å². The number of nitrogens with zero attached hydrogens (tertiary/aromatic N) is 1. The molecule has 1 aromatic heterocycles. The number of hydrogen-bond acceptors (Lipinski definition) is 6. The minimum atomic E-state index is -0.767. The van der Waals surface area contributed by atoms with Gasteiger partial charge in [0.2, 0.25) is 0 Å². The van der Waals surface area contributed by atoms with Crippen molar-refractivity contribution in [3.8, 4) is 11.8 Å². The van der Waals surface area contributed by atoms with E-state index in [1.165, 1.54) is 0 Å². The van der Waals surface area contributed by atoms with Crippen LogP contribution in [0.5, 0.6) is 5.75 Å². The number of aryl methyl sites for hydroxylation is 1. The van der Waals surface area contributed by atoms with E-state index in [1.807, 2.05) is 31.2 Å². The Labute approximate surface area is 156 Å². The molecule has 0 fully saturated rings. The summed E-state index contributed by atoms with van der Waals surface area (Å²) in [6.45, 7) is 7.16. The standard InChI is InChI=1S/C19H20N2O4S/c1-5-24-19(23)16-12(3)15(10-20)18(26-16)21-17(22)13(4)25-14-8-6-7-11(2)9-14/h6-9,13H,5H2,1-4H3,(H,21,22). The maximum Gasteiger partial charge on any atom is 0.348 e. The Balaban J connectivity index is 2.16. The number of thiophene rings is 1. The number of rotatable bonds is 6. The van der Waals surface area contributed by atoms with Gasteiger partial charge in [0.15, 0.2) is 6.10 Å². The monoisotopic (exact) mass is 372 g/mol. The third kappa shape index (κ3) is 4.41. The number of nitriles is 1. The van der Waals surface area contributed by atoms with Crippen LogP contribution < -0.4 is 10.1 Å². The molecule has 1 N–H and O–H groups in total. The number of hydrogen-bond donors (Lipinski definition) is 1. The Morgan fingerprint density at radius 1 is 1.35 bits per heavy atom. The predicted octanol–water partition coefficient (Wildman–Crippen LogP) is 3.82. The first-order chi connectivity index (χ1) is 12.4. The Hall–Kier alpha value is -2.85. The summed E-state index contributed by atoms with van der Waals surface area (Å²) in [5, 5.41) is 12.4. The van der Waals surface area contributed by atoms with E-state index in [0.717, 1.165) is 16.9 Å². The minimum Gasteiger partial charge on any atom is -0.481 e. The normalized spacial score (nSPS) is 11.3. The zero-order valence-electron chi connectivity index (χ0n) is 15.1. The van der Waals surface area contributed by atoms with E-state index in [4.69, 9.17) is 9.47 Å². The van der Waals surface area contributed by atoms with Crippen LogP contribution >= 0.6 is 11.3 Å². The summed E-state index contributed by atoms with van der Waals surface area (Å²) in [4.78, 5) is 24.7. The molecule has 0 aliphatic rings. The molecule has 1 unspecified atom stereocenters.